The lowest BCUT2D eigenvalue weighted by atomic mass is 10.2. The van der Waals surface area contributed by atoms with E-state index < -0.39 is 0 Å². The molecule has 0 atom stereocenters. The Morgan fingerprint density at radius 3 is 2.31 bits per heavy atom. The average Bonchev–Trinajstić information content (AvgIpc) is 3.16. The Morgan fingerprint density at radius 2 is 1.69 bits per heavy atom. The van der Waals surface area contributed by atoms with Crippen LogP contribution in [0.1, 0.15) is 5.56 Å². The van der Waals surface area contributed by atoms with E-state index in [0.29, 0.717) is 22.4 Å². The first-order valence-corrected chi connectivity index (χ1v) is 8.67. The third kappa shape index (κ3) is 3.94. The molecule has 1 N–H and O–H groups in total. The molecule has 2 aromatic carbocycles. The second-order valence-electron chi connectivity index (χ2n) is 5.22. The summed E-state index contributed by atoms with van der Waals surface area (Å²) >= 11 is 1.54. The van der Waals surface area contributed by atoms with Crippen LogP contribution >= 0.6 is 11.3 Å². The van der Waals surface area contributed by atoms with Gasteiger partial charge in [-0.2, -0.15) is 5.10 Å². The van der Waals surface area contributed by atoms with Gasteiger partial charge in [0.05, 0.1) is 32.4 Å². The lowest BCUT2D eigenvalue weighted by Crippen LogP contribution is -1.97. The van der Waals surface area contributed by atoms with E-state index in [1.807, 2.05) is 36.5 Å². The van der Waals surface area contributed by atoms with Gasteiger partial charge in [-0.1, -0.05) is 41.7 Å². The molecule has 0 radical (unpaired) electrons. The summed E-state index contributed by atoms with van der Waals surface area (Å²) in [7, 11) is 4.73. The highest BCUT2D eigenvalue weighted by molar-refractivity contribution is 7.18. The number of nitrogens with zero attached hydrogens (tertiary/aromatic N) is 2. The van der Waals surface area contributed by atoms with Crippen LogP contribution in [-0.2, 0) is 0 Å². The number of methoxy groups -OCH3 is 3. The van der Waals surface area contributed by atoms with Crippen molar-refractivity contribution >= 4 is 22.7 Å². The Balaban J connectivity index is 1.74. The topological polar surface area (TPSA) is 65.0 Å². The van der Waals surface area contributed by atoms with Crippen molar-refractivity contribution < 1.29 is 14.2 Å². The summed E-state index contributed by atoms with van der Waals surface area (Å²) in [6.07, 6.45) is 3.51. The number of hydrogen-bond acceptors (Lipinski definition) is 7. The summed E-state index contributed by atoms with van der Waals surface area (Å²) in [6.45, 7) is 0. The van der Waals surface area contributed by atoms with Crippen molar-refractivity contribution in [3.63, 3.8) is 0 Å². The molecule has 134 valence electrons. The number of anilines is 1. The van der Waals surface area contributed by atoms with Crippen molar-refractivity contribution in [3.8, 4) is 27.7 Å². The molecule has 3 aromatic rings. The fourth-order valence-corrected chi connectivity index (χ4v) is 3.17. The molecule has 0 amide bonds. The predicted octanol–water partition coefficient (Wildman–Crippen LogP) is 4.28. The van der Waals surface area contributed by atoms with Gasteiger partial charge in [-0.3, -0.25) is 5.43 Å². The number of rotatable bonds is 7. The molecule has 26 heavy (non-hydrogen) atoms. The second kappa shape index (κ2) is 8.35. The van der Waals surface area contributed by atoms with Gasteiger partial charge in [0, 0.05) is 11.8 Å². The molecule has 0 spiro atoms. The summed E-state index contributed by atoms with van der Waals surface area (Å²) in [5, 5.41) is 4.96. The van der Waals surface area contributed by atoms with Crippen LogP contribution in [0.2, 0.25) is 0 Å². The zero-order valence-corrected chi connectivity index (χ0v) is 15.5. The van der Waals surface area contributed by atoms with Crippen LogP contribution in [0.25, 0.3) is 10.4 Å². The summed E-state index contributed by atoms with van der Waals surface area (Å²) in [4.78, 5) is 5.42. The number of aromatic nitrogens is 1. The quantitative estimate of drug-likeness (QED) is 0.497. The Hall–Kier alpha value is -3.06. The van der Waals surface area contributed by atoms with Crippen molar-refractivity contribution in [1.29, 1.82) is 0 Å². The number of nitrogens with one attached hydrogen (secondary N) is 1. The highest BCUT2D eigenvalue weighted by atomic mass is 32.1. The third-order valence-electron chi connectivity index (χ3n) is 3.62. The molecule has 0 bridgehead atoms. The maximum atomic E-state index is 5.34. The largest absolute Gasteiger partial charge is 0.493 e. The average molecular weight is 369 g/mol. The van der Waals surface area contributed by atoms with Gasteiger partial charge >= 0.3 is 0 Å². The predicted molar refractivity (Wildman–Crippen MR) is 105 cm³/mol. The number of hydrazone groups is 1. The van der Waals surface area contributed by atoms with Crippen LogP contribution in [0.4, 0.5) is 5.13 Å². The molecular formula is C19H19N3O3S. The van der Waals surface area contributed by atoms with E-state index in [9.17, 15) is 0 Å². The number of hydrogen-bond donors (Lipinski definition) is 1. The zero-order chi connectivity index (χ0) is 18.4. The van der Waals surface area contributed by atoms with Crippen molar-refractivity contribution in [2.75, 3.05) is 26.8 Å². The van der Waals surface area contributed by atoms with E-state index in [1.54, 1.807) is 27.5 Å². The lowest BCUT2D eigenvalue weighted by molar-refractivity contribution is 0.324. The minimum atomic E-state index is 0.549. The van der Waals surface area contributed by atoms with Crippen LogP contribution in [0.3, 0.4) is 0 Å². The van der Waals surface area contributed by atoms with Crippen LogP contribution in [0.15, 0.2) is 53.8 Å². The maximum absolute atomic E-state index is 5.34. The third-order valence-corrected chi connectivity index (χ3v) is 4.58. The van der Waals surface area contributed by atoms with Crippen LogP contribution in [-0.4, -0.2) is 32.5 Å². The molecule has 7 heteroatoms. The van der Waals surface area contributed by atoms with Crippen molar-refractivity contribution in [2.24, 2.45) is 5.10 Å². The normalized spacial score (nSPS) is 10.7. The first kappa shape index (κ1) is 17.8. The van der Waals surface area contributed by atoms with E-state index in [0.717, 1.165) is 16.0 Å². The SMILES string of the molecule is COc1cc(C=NNc2ncc(-c3ccccc3)s2)cc(OC)c1OC. The number of ether oxygens (including phenoxy) is 3. The molecule has 0 unspecified atom stereocenters. The van der Waals surface area contributed by atoms with Gasteiger partial charge in [-0.05, 0) is 17.7 Å². The standard InChI is InChI=1S/C19H19N3O3S/c1-23-15-9-13(10-16(24-2)18(15)25-3)11-21-22-19-20-12-17(26-19)14-7-5-4-6-8-14/h4-12H,1-3H3,(H,20,22). The summed E-state index contributed by atoms with van der Waals surface area (Å²) < 4.78 is 16.0. The molecule has 0 saturated carbocycles. The minimum Gasteiger partial charge on any atom is -0.493 e. The Labute approximate surface area is 156 Å². The van der Waals surface area contributed by atoms with Gasteiger partial charge in [0.1, 0.15) is 0 Å². The molecular weight excluding hydrogens is 350 g/mol. The monoisotopic (exact) mass is 369 g/mol. The smallest absolute Gasteiger partial charge is 0.203 e. The van der Waals surface area contributed by atoms with E-state index in [4.69, 9.17) is 14.2 Å². The van der Waals surface area contributed by atoms with Gasteiger partial charge < -0.3 is 14.2 Å². The molecule has 1 aromatic heterocycles. The molecule has 1 heterocycles. The van der Waals surface area contributed by atoms with Gasteiger partial charge in [0.15, 0.2) is 11.5 Å². The molecule has 6 nitrogen and oxygen atoms in total. The zero-order valence-electron chi connectivity index (χ0n) is 14.7. The van der Waals surface area contributed by atoms with Gasteiger partial charge in [0.25, 0.3) is 0 Å². The van der Waals surface area contributed by atoms with Crippen molar-refractivity contribution in [3.05, 3.63) is 54.2 Å². The molecule has 0 aliphatic carbocycles. The van der Waals surface area contributed by atoms with Crippen molar-refractivity contribution in [1.82, 2.24) is 4.98 Å². The fraction of sp³-hybridized carbons (Fsp3) is 0.158. The minimum absolute atomic E-state index is 0.549. The molecule has 3 rings (SSSR count). The Kier molecular flexibility index (Phi) is 5.70. The van der Waals surface area contributed by atoms with Crippen LogP contribution in [0.5, 0.6) is 17.2 Å². The fourth-order valence-electron chi connectivity index (χ4n) is 2.40. The molecule has 0 aliphatic rings. The van der Waals surface area contributed by atoms with E-state index in [2.05, 4.69) is 27.6 Å². The lowest BCUT2D eigenvalue weighted by Gasteiger charge is -2.12. The summed E-state index contributed by atoms with van der Waals surface area (Å²) in [5.74, 6) is 1.70. The maximum Gasteiger partial charge on any atom is 0.203 e. The molecule has 0 fully saturated rings. The van der Waals surface area contributed by atoms with Gasteiger partial charge in [-0.15, -0.1) is 0 Å². The molecule has 0 aliphatic heterocycles. The van der Waals surface area contributed by atoms with Crippen LogP contribution < -0.4 is 19.6 Å². The highest BCUT2D eigenvalue weighted by Crippen LogP contribution is 2.37. The van der Waals surface area contributed by atoms with E-state index in [-0.39, 0.29) is 0 Å². The first-order chi connectivity index (χ1) is 12.7. The Morgan fingerprint density at radius 1 is 1.00 bits per heavy atom. The molecule has 0 saturated heterocycles. The second-order valence-corrected chi connectivity index (χ2v) is 6.26. The first-order valence-electron chi connectivity index (χ1n) is 7.85. The Bertz CT molecular complexity index is 869. The van der Waals surface area contributed by atoms with E-state index >= 15 is 0 Å². The highest BCUT2D eigenvalue weighted by Gasteiger charge is 2.12. The van der Waals surface area contributed by atoms with Crippen molar-refractivity contribution in [2.45, 2.75) is 0 Å². The number of thiazole rings is 1. The summed E-state index contributed by atoms with van der Waals surface area (Å²) in [6, 6.07) is 13.8. The summed E-state index contributed by atoms with van der Waals surface area (Å²) in [5.41, 5.74) is 4.89. The van der Waals surface area contributed by atoms with Crippen LogP contribution in [0, 0.1) is 0 Å². The van der Waals surface area contributed by atoms with E-state index in [1.165, 1.54) is 11.3 Å². The van der Waals surface area contributed by atoms with Gasteiger partial charge in [0.2, 0.25) is 10.9 Å². The van der Waals surface area contributed by atoms with Gasteiger partial charge in [-0.25, -0.2) is 4.98 Å². The number of benzene rings is 2.